The third-order valence-corrected chi connectivity index (χ3v) is 19.2. The van der Waals surface area contributed by atoms with Gasteiger partial charge in [0, 0.05) is 12.8 Å². The van der Waals surface area contributed by atoms with Crippen molar-refractivity contribution >= 4 is 11.9 Å². The fraction of sp³-hybridized carbons (Fsp3) is 0.927. The standard InChI is InChI=1S/C82H159NO5/c1-3-5-7-9-11-13-15-17-19-20-40-43-47-50-54-58-62-66-70-74-80(85)79(78-84)83-81(86)75-71-67-63-59-55-51-48-44-41-38-36-34-32-30-28-26-24-22-21-23-25-27-29-31-33-35-37-39-42-45-49-53-57-61-65-69-73-77-88-82(87)76-72-68-64-60-56-52-46-18-16-14-12-10-8-6-4-2/h21,23,70,74,79-80,84-85H,3-20,22,24-69,71-73,75-78H2,1-2H3,(H,83,86)/b23-21-,74-70+. The van der Waals surface area contributed by atoms with Crippen molar-refractivity contribution in [2.24, 2.45) is 0 Å². The van der Waals surface area contributed by atoms with Crippen LogP contribution in [0, 0.1) is 0 Å². The highest BCUT2D eigenvalue weighted by Gasteiger charge is 2.18. The molecule has 0 aromatic heterocycles. The van der Waals surface area contributed by atoms with Gasteiger partial charge in [0.25, 0.3) is 0 Å². The third kappa shape index (κ3) is 73.4. The average molecular weight is 1240 g/mol. The summed E-state index contributed by atoms with van der Waals surface area (Å²) in [6.07, 6.45) is 100. The minimum Gasteiger partial charge on any atom is -0.466 e. The molecule has 0 radical (unpaired) electrons. The van der Waals surface area contributed by atoms with E-state index in [1.165, 1.54) is 398 Å². The van der Waals surface area contributed by atoms with E-state index in [-0.39, 0.29) is 18.5 Å². The van der Waals surface area contributed by atoms with Crippen LogP contribution in [0.2, 0.25) is 0 Å². The van der Waals surface area contributed by atoms with Crippen molar-refractivity contribution in [1.82, 2.24) is 5.32 Å². The van der Waals surface area contributed by atoms with Gasteiger partial charge in [0.05, 0.1) is 25.4 Å². The number of unbranched alkanes of at least 4 members (excludes halogenated alkanes) is 64. The van der Waals surface area contributed by atoms with Crippen LogP contribution in [-0.4, -0.2) is 47.4 Å². The van der Waals surface area contributed by atoms with Gasteiger partial charge in [-0.15, -0.1) is 0 Å². The second kappa shape index (κ2) is 77.8. The normalized spacial score (nSPS) is 12.5. The fourth-order valence-electron chi connectivity index (χ4n) is 13.0. The quantitative estimate of drug-likeness (QED) is 0.0320. The van der Waals surface area contributed by atoms with Crippen molar-refractivity contribution in [3.63, 3.8) is 0 Å². The Morgan fingerprint density at radius 1 is 0.307 bits per heavy atom. The molecular formula is C82H159NO5. The third-order valence-electron chi connectivity index (χ3n) is 19.2. The molecule has 2 unspecified atom stereocenters. The van der Waals surface area contributed by atoms with E-state index in [0.29, 0.717) is 19.4 Å². The summed E-state index contributed by atoms with van der Waals surface area (Å²) in [5.41, 5.74) is 0. The average Bonchev–Trinajstić information content (AvgIpc) is 3.58. The Labute approximate surface area is 551 Å². The highest BCUT2D eigenvalue weighted by molar-refractivity contribution is 5.76. The number of amides is 1. The van der Waals surface area contributed by atoms with E-state index in [0.717, 1.165) is 38.5 Å². The summed E-state index contributed by atoms with van der Waals surface area (Å²) in [5.74, 6) is -0.0344. The van der Waals surface area contributed by atoms with Gasteiger partial charge in [-0.2, -0.15) is 0 Å². The molecule has 0 aliphatic carbocycles. The van der Waals surface area contributed by atoms with Crippen LogP contribution < -0.4 is 5.32 Å². The summed E-state index contributed by atoms with van der Waals surface area (Å²) < 4.78 is 5.51. The monoisotopic (exact) mass is 1240 g/mol. The van der Waals surface area contributed by atoms with Gasteiger partial charge < -0.3 is 20.3 Å². The lowest BCUT2D eigenvalue weighted by molar-refractivity contribution is -0.143. The van der Waals surface area contributed by atoms with Gasteiger partial charge in [-0.3, -0.25) is 9.59 Å². The summed E-state index contributed by atoms with van der Waals surface area (Å²) >= 11 is 0. The Balaban J connectivity index is 3.34. The number of ether oxygens (including phenoxy) is 1. The first-order valence-electron chi connectivity index (χ1n) is 40.6. The zero-order valence-electron chi connectivity index (χ0n) is 60.0. The number of allylic oxidation sites excluding steroid dienone is 3. The van der Waals surface area contributed by atoms with Crippen molar-refractivity contribution < 1.29 is 24.5 Å². The molecule has 0 aliphatic rings. The van der Waals surface area contributed by atoms with Crippen molar-refractivity contribution in [2.45, 2.75) is 475 Å². The molecule has 0 fully saturated rings. The maximum atomic E-state index is 12.5. The molecule has 88 heavy (non-hydrogen) atoms. The van der Waals surface area contributed by atoms with Crippen LogP contribution >= 0.6 is 0 Å². The molecule has 0 rings (SSSR count). The molecular weight excluding hydrogens is 1080 g/mol. The van der Waals surface area contributed by atoms with Crippen molar-refractivity contribution in [3.05, 3.63) is 24.3 Å². The van der Waals surface area contributed by atoms with Gasteiger partial charge >= 0.3 is 5.97 Å². The highest BCUT2D eigenvalue weighted by atomic mass is 16.5. The fourth-order valence-corrected chi connectivity index (χ4v) is 13.0. The van der Waals surface area contributed by atoms with E-state index in [9.17, 15) is 19.8 Å². The minimum absolute atomic E-state index is 0.0251. The van der Waals surface area contributed by atoms with Gasteiger partial charge in [-0.25, -0.2) is 0 Å². The Morgan fingerprint density at radius 2 is 0.534 bits per heavy atom. The minimum atomic E-state index is -0.842. The maximum Gasteiger partial charge on any atom is 0.305 e. The lowest BCUT2D eigenvalue weighted by atomic mass is 10.0. The second-order valence-corrected chi connectivity index (χ2v) is 28.1. The van der Waals surface area contributed by atoms with Crippen molar-refractivity contribution in [3.8, 4) is 0 Å². The largest absolute Gasteiger partial charge is 0.466 e. The first kappa shape index (κ1) is 86.3. The zero-order valence-corrected chi connectivity index (χ0v) is 60.0. The molecule has 6 heteroatoms. The number of rotatable bonds is 77. The topological polar surface area (TPSA) is 95.9 Å². The van der Waals surface area contributed by atoms with E-state index >= 15 is 0 Å². The van der Waals surface area contributed by atoms with Crippen LogP contribution in [0.3, 0.4) is 0 Å². The Kier molecular flexibility index (Phi) is 76.3. The number of hydrogen-bond donors (Lipinski definition) is 3. The van der Waals surface area contributed by atoms with Crippen LogP contribution in [-0.2, 0) is 14.3 Å². The SMILES string of the molecule is CCCCCCCCCCCCCCCCCCC/C=C/C(O)C(CO)NC(=O)CCCCCCCCCCCCCCCCCCC/C=C\CCCCCCCCCCCCCCCCCCOC(=O)CCCCCCCCCCCCCCCCC. The lowest BCUT2D eigenvalue weighted by Crippen LogP contribution is -2.45. The molecule has 0 aromatic rings. The van der Waals surface area contributed by atoms with E-state index in [2.05, 4.69) is 31.3 Å². The number of carbonyl (C=O) groups is 2. The van der Waals surface area contributed by atoms with E-state index in [1.807, 2.05) is 6.08 Å². The molecule has 1 amide bonds. The van der Waals surface area contributed by atoms with Gasteiger partial charge in [-0.1, -0.05) is 417 Å². The predicted molar refractivity (Wildman–Crippen MR) is 389 cm³/mol. The molecule has 3 N–H and O–H groups in total. The van der Waals surface area contributed by atoms with Crippen LogP contribution in [0.5, 0.6) is 0 Å². The lowest BCUT2D eigenvalue weighted by Gasteiger charge is -2.20. The summed E-state index contributed by atoms with van der Waals surface area (Å²) in [4.78, 5) is 24.6. The highest BCUT2D eigenvalue weighted by Crippen LogP contribution is 2.20. The molecule has 522 valence electrons. The molecule has 0 spiro atoms. The summed E-state index contributed by atoms with van der Waals surface area (Å²) in [7, 11) is 0. The number of esters is 1. The Morgan fingerprint density at radius 3 is 0.807 bits per heavy atom. The Hall–Kier alpha value is -1.66. The van der Waals surface area contributed by atoms with E-state index in [4.69, 9.17) is 4.74 Å². The molecule has 6 nitrogen and oxygen atoms in total. The molecule has 0 aliphatic heterocycles. The van der Waals surface area contributed by atoms with Crippen LogP contribution in [0.25, 0.3) is 0 Å². The molecule has 2 atom stereocenters. The van der Waals surface area contributed by atoms with E-state index in [1.54, 1.807) is 6.08 Å². The molecule has 0 saturated heterocycles. The predicted octanol–water partition coefficient (Wildman–Crippen LogP) is 26.8. The first-order chi connectivity index (χ1) is 43.5. The summed E-state index contributed by atoms with van der Waals surface area (Å²) in [5, 5.41) is 23.3. The molecule has 0 saturated carbocycles. The number of aliphatic hydroxyl groups is 2. The maximum absolute atomic E-state index is 12.5. The number of hydrogen-bond acceptors (Lipinski definition) is 5. The van der Waals surface area contributed by atoms with Crippen molar-refractivity contribution in [2.75, 3.05) is 13.2 Å². The van der Waals surface area contributed by atoms with Crippen LogP contribution in [0.1, 0.15) is 463 Å². The second-order valence-electron chi connectivity index (χ2n) is 28.1. The number of aliphatic hydroxyl groups excluding tert-OH is 2. The molecule has 0 heterocycles. The van der Waals surface area contributed by atoms with Crippen LogP contribution in [0.4, 0.5) is 0 Å². The Bertz CT molecular complexity index is 1380. The van der Waals surface area contributed by atoms with Gasteiger partial charge in [0.1, 0.15) is 0 Å². The summed E-state index contributed by atoms with van der Waals surface area (Å²) in [6.45, 7) is 4.96. The van der Waals surface area contributed by atoms with Crippen LogP contribution in [0.15, 0.2) is 24.3 Å². The molecule has 0 aromatic carbocycles. The van der Waals surface area contributed by atoms with Gasteiger partial charge in [0.2, 0.25) is 5.91 Å². The summed E-state index contributed by atoms with van der Waals surface area (Å²) in [6, 6.07) is -0.625. The smallest absolute Gasteiger partial charge is 0.305 e. The van der Waals surface area contributed by atoms with Crippen molar-refractivity contribution in [1.29, 1.82) is 0 Å². The first-order valence-corrected chi connectivity index (χ1v) is 40.6. The molecule has 0 bridgehead atoms. The van der Waals surface area contributed by atoms with Gasteiger partial charge in [-0.05, 0) is 57.8 Å². The number of nitrogens with one attached hydrogen (secondary N) is 1. The zero-order chi connectivity index (χ0) is 63.5. The number of carbonyl (C=O) groups excluding carboxylic acids is 2. The van der Waals surface area contributed by atoms with E-state index < -0.39 is 12.1 Å². The van der Waals surface area contributed by atoms with Gasteiger partial charge in [0.15, 0.2) is 0 Å².